The molecule has 2 amide bonds. The van der Waals surface area contributed by atoms with Crippen LogP contribution in [0.1, 0.15) is 24.2 Å². The second-order valence-corrected chi connectivity index (χ2v) is 4.49. The van der Waals surface area contributed by atoms with E-state index in [1.165, 1.54) is 12.5 Å². The Bertz CT molecular complexity index is 411. The third-order valence-electron chi connectivity index (χ3n) is 2.92. The van der Waals surface area contributed by atoms with Crippen molar-refractivity contribution in [3.8, 4) is 0 Å². The second-order valence-electron chi connectivity index (χ2n) is 4.49. The predicted molar refractivity (Wildman–Crippen MR) is 61.4 cm³/mol. The molecule has 1 atom stereocenters. The summed E-state index contributed by atoms with van der Waals surface area (Å²) in [7, 11) is 0. The van der Waals surface area contributed by atoms with E-state index in [1.54, 1.807) is 11.0 Å². The van der Waals surface area contributed by atoms with Gasteiger partial charge in [-0.25, -0.2) is 0 Å². The van der Waals surface area contributed by atoms with E-state index in [2.05, 4.69) is 5.32 Å². The highest BCUT2D eigenvalue weighted by Gasteiger charge is 2.35. The van der Waals surface area contributed by atoms with E-state index >= 15 is 0 Å². The number of hydrogen-bond donors (Lipinski definition) is 1. The van der Waals surface area contributed by atoms with Gasteiger partial charge in [-0.3, -0.25) is 9.59 Å². The van der Waals surface area contributed by atoms with Crippen molar-refractivity contribution in [2.45, 2.75) is 19.9 Å². The van der Waals surface area contributed by atoms with Crippen LogP contribution in [0.15, 0.2) is 23.0 Å². The fourth-order valence-electron chi connectivity index (χ4n) is 2.13. The van der Waals surface area contributed by atoms with Crippen molar-refractivity contribution in [1.82, 2.24) is 10.2 Å². The summed E-state index contributed by atoms with van der Waals surface area (Å²) in [5.41, 5.74) is 0.491. The Labute approximate surface area is 99.8 Å². The van der Waals surface area contributed by atoms with Gasteiger partial charge in [0, 0.05) is 13.1 Å². The minimum Gasteiger partial charge on any atom is -0.472 e. The van der Waals surface area contributed by atoms with Gasteiger partial charge >= 0.3 is 0 Å². The van der Waals surface area contributed by atoms with E-state index < -0.39 is 6.04 Å². The number of rotatable bonds is 2. The van der Waals surface area contributed by atoms with Gasteiger partial charge in [-0.2, -0.15) is 0 Å². The average molecular weight is 236 g/mol. The maximum atomic E-state index is 12.2. The molecule has 1 saturated heterocycles. The van der Waals surface area contributed by atoms with Crippen molar-refractivity contribution in [1.29, 1.82) is 0 Å². The summed E-state index contributed by atoms with van der Waals surface area (Å²) in [4.78, 5) is 25.6. The summed E-state index contributed by atoms with van der Waals surface area (Å²) in [6, 6.07) is 1.22. The molecule has 0 spiro atoms. The van der Waals surface area contributed by atoms with Crippen LogP contribution in [-0.2, 0) is 4.79 Å². The SMILES string of the molecule is CC(C)[C@@H]1C(=O)NCCN1C(=O)c1ccoc1. The largest absolute Gasteiger partial charge is 0.472 e. The molecule has 1 fully saturated rings. The Kier molecular flexibility index (Phi) is 3.17. The third kappa shape index (κ3) is 2.18. The minimum absolute atomic E-state index is 0.0805. The molecule has 0 saturated carbocycles. The first-order chi connectivity index (χ1) is 8.11. The number of piperazine rings is 1. The van der Waals surface area contributed by atoms with Gasteiger partial charge in [0.2, 0.25) is 5.91 Å². The van der Waals surface area contributed by atoms with Crippen LogP contribution in [0.3, 0.4) is 0 Å². The quantitative estimate of drug-likeness (QED) is 0.829. The molecule has 0 unspecified atom stereocenters. The number of hydrogen-bond acceptors (Lipinski definition) is 3. The van der Waals surface area contributed by atoms with E-state index in [-0.39, 0.29) is 17.7 Å². The molecule has 92 valence electrons. The Morgan fingerprint density at radius 3 is 2.94 bits per heavy atom. The third-order valence-corrected chi connectivity index (χ3v) is 2.92. The lowest BCUT2D eigenvalue weighted by Crippen LogP contribution is -2.59. The summed E-state index contributed by atoms with van der Waals surface area (Å²) in [5.74, 6) is -0.137. The van der Waals surface area contributed by atoms with Gasteiger partial charge in [0.25, 0.3) is 5.91 Å². The van der Waals surface area contributed by atoms with Gasteiger partial charge in [-0.05, 0) is 12.0 Å². The predicted octanol–water partition coefficient (Wildman–Crippen LogP) is 0.876. The first-order valence-corrected chi connectivity index (χ1v) is 5.72. The van der Waals surface area contributed by atoms with Crippen LogP contribution < -0.4 is 5.32 Å². The highest BCUT2D eigenvalue weighted by atomic mass is 16.3. The van der Waals surface area contributed by atoms with Crippen LogP contribution in [0.5, 0.6) is 0 Å². The lowest BCUT2D eigenvalue weighted by Gasteiger charge is -2.37. The smallest absolute Gasteiger partial charge is 0.257 e. The minimum atomic E-state index is -0.397. The van der Waals surface area contributed by atoms with E-state index in [0.717, 1.165) is 0 Å². The van der Waals surface area contributed by atoms with Crippen LogP contribution in [0.25, 0.3) is 0 Å². The van der Waals surface area contributed by atoms with Crippen molar-refractivity contribution in [3.63, 3.8) is 0 Å². The zero-order chi connectivity index (χ0) is 12.4. The number of nitrogens with one attached hydrogen (secondary N) is 1. The van der Waals surface area contributed by atoms with E-state index in [0.29, 0.717) is 18.7 Å². The van der Waals surface area contributed by atoms with Gasteiger partial charge in [0.15, 0.2) is 0 Å². The lowest BCUT2D eigenvalue weighted by molar-refractivity contribution is -0.129. The van der Waals surface area contributed by atoms with Crippen LogP contribution in [0.2, 0.25) is 0 Å². The van der Waals surface area contributed by atoms with Crippen LogP contribution in [-0.4, -0.2) is 35.8 Å². The molecular weight excluding hydrogens is 220 g/mol. The first kappa shape index (κ1) is 11.7. The molecule has 2 rings (SSSR count). The molecular formula is C12H16N2O3. The Hall–Kier alpha value is -1.78. The van der Waals surface area contributed by atoms with Crippen molar-refractivity contribution in [3.05, 3.63) is 24.2 Å². The zero-order valence-electron chi connectivity index (χ0n) is 9.97. The van der Waals surface area contributed by atoms with E-state index in [1.807, 2.05) is 13.8 Å². The van der Waals surface area contributed by atoms with Crippen LogP contribution in [0, 0.1) is 5.92 Å². The van der Waals surface area contributed by atoms with Gasteiger partial charge in [0.05, 0.1) is 11.8 Å². The van der Waals surface area contributed by atoms with Gasteiger partial charge < -0.3 is 14.6 Å². The standard InChI is InChI=1S/C12H16N2O3/c1-8(2)10-11(15)13-4-5-14(10)12(16)9-3-6-17-7-9/h3,6-8,10H,4-5H2,1-2H3,(H,13,15)/t10-/m1/s1. The number of furan rings is 1. The Morgan fingerprint density at radius 1 is 1.59 bits per heavy atom. The molecule has 1 aromatic heterocycles. The molecule has 0 radical (unpaired) electrons. The van der Waals surface area contributed by atoms with E-state index in [4.69, 9.17) is 4.42 Å². The maximum Gasteiger partial charge on any atom is 0.257 e. The molecule has 17 heavy (non-hydrogen) atoms. The highest BCUT2D eigenvalue weighted by Crippen LogP contribution is 2.17. The highest BCUT2D eigenvalue weighted by molar-refractivity contribution is 5.98. The summed E-state index contributed by atoms with van der Waals surface area (Å²) >= 11 is 0. The molecule has 5 heteroatoms. The first-order valence-electron chi connectivity index (χ1n) is 5.72. The van der Waals surface area contributed by atoms with E-state index in [9.17, 15) is 9.59 Å². The van der Waals surface area contributed by atoms with Crippen molar-refractivity contribution in [2.75, 3.05) is 13.1 Å². The molecule has 1 N–H and O–H groups in total. The summed E-state index contributed by atoms with van der Waals surface area (Å²) < 4.78 is 4.90. The molecule has 5 nitrogen and oxygen atoms in total. The monoisotopic (exact) mass is 236 g/mol. The van der Waals surface area contributed by atoms with Crippen LogP contribution in [0.4, 0.5) is 0 Å². The Morgan fingerprint density at radius 2 is 2.35 bits per heavy atom. The molecule has 1 aromatic rings. The molecule has 0 bridgehead atoms. The number of amides is 2. The lowest BCUT2D eigenvalue weighted by atomic mass is 9.99. The number of carbonyl (C=O) groups is 2. The molecule has 0 aromatic carbocycles. The number of carbonyl (C=O) groups excluding carboxylic acids is 2. The van der Waals surface area contributed by atoms with Crippen molar-refractivity contribution < 1.29 is 14.0 Å². The molecule has 1 aliphatic heterocycles. The summed E-state index contributed by atoms with van der Waals surface area (Å²) in [6.45, 7) is 4.92. The average Bonchev–Trinajstić information content (AvgIpc) is 2.80. The maximum absolute atomic E-state index is 12.2. The van der Waals surface area contributed by atoms with Gasteiger partial charge in [0.1, 0.15) is 12.3 Å². The fraction of sp³-hybridized carbons (Fsp3) is 0.500. The normalized spacial score (nSPS) is 20.5. The molecule has 1 aliphatic rings. The fourth-order valence-corrected chi connectivity index (χ4v) is 2.13. The zero-order valence-corrected chi connectivity index (χ0v) is 9.97. The Balaban J connectivity index is 2.23. The van der Waals surface area contributed by atoms with Crippen LogP contribution >= 0.6 is 0 Å². The number of nitrogens with zero attached hydrogens (tertiary/aromatic N) is 1. The van der Waals surface area contributed by atoms with Gasteiger partial charge in [-0.1, -0.05) is 13.8 Å². The second kappa shape index (κ2) is 4.61. The van der Waals surface area contributed by atoms with Crippen molar-refractivity contribution >= 4 is 11.8 Å². The molecule has 0 aliphatic carbocycles. The summed E-state index contributed by atoms with van der Waals surface area (Å²) in [6.07, 6.45) is 2.87. The van der Waals surface area contributed by atoms with Crippen molar-refractivity contribution in [2.24, 2.45) is 5.92 Å². The topological polar surface area (TPSA) is 62.6 Å². The van der Waals surface area contributed by atoms with Gasteiger partial charge in [-0.15, -0.1) is 0 Å². The molecule has 2 heterocycles. The summed E-state index contributed by atoms with van der Waals surface area (Å²) in [5, 5.41) is 2.79.